The molecule has 1 unspecified atom stereocenters. The first-order valence-electron chi connectivity index (χ1n) is 5.43. The lowest BCUT2D eigenvalue weighted by Crippen LogP contribution is -2.13. The Bertz CT molecular complexity index is 526. The molecule has 0 aromatic carbocycles. The largest absolute Gasteiger partial charge is 0.383 e. The van der Waals surface area contributed by atoms with Gasteiger partial charge in [0.25, 0.3) is 0 Å². The van der Waals surface area contributed by atoms with Gasteiger partial charge in [0.05, 0.1) is 46.1 Å². The summed E-state index contributed by atoms with van der Waals surface area (Å²) in [6, 6.07) is 0. The number of hydrogen-bond acceptors (Lipinski definition) is 5. The molecule has 5 nitrogen and oxygen atoms in total. The number of rotatable bonds is 5. The van der Waals surface area contributed by atoms with Crippen LogP contribution in [0.25, 0.3) is 0 Å². The third-order valence-corrected chi connectivity index (χ3v) is 3.91. The molecule has 0 aliphatic heterocycles. The highest BCUT2D eigenvalue weighted by atomic mass is 35.5. The Hall–Kier alpha value is -0.950. The second-order valence-electron chi connectivity index (χ2n) is 3.80. The van der Waals surface area contributed by atoms with Gasteiger partial charge in [-0.3, -0.25) is 4.68 Å². The van der Waals surface area contributed by atoms with E-state index in [4.69, 9.17) is 16.3 Å². The van der Waals surface area contributed by atoms with E-state index in [1.165, 1.54) is 17.5 Å². The summed E-state index contributed by atoms with van der Waals surface area (Å²) in [6.07, 6.45) is 0.732. The Morgan fingerprint density at radius 1 is 1.61 bits per heavy atom. The summed E-state index contributed by atoms with van der Waals surface area (Å²) < 4.78 is 6.67. The SMILES string of the molecule is COCCn1ncc(Cl)c1C(O)c1scnc1C. The molecule has 1 atom stereocenters. The molecule has 2 rings (SSSR count). The number of aryl methyl sites for hydroxylation is 1. The first kappa shape index (κ1) is 13.5. The zero-order valence-electron chi connectivity index (χ0n) is 10.1. The Morgan fingerprint density at radius 2 is 2.39 bits per heavy atom. The van der Waals surface area contributed by atoms with Crippen molar-refractivity contribution in [2.24, 2.45) is 0 Å². The van der Waals surface area contributed by atoms with Crippen LogP contribution in [0.15, 0.2) is 11.7 Å². The van der Waals surface area contributed by atoms with Crippen molar-refractivity contribution in [2.45, 2.75) is 19.6 Å². The van der Waals surface area contributed by atoms with Crippen LogP contribution in [0, 0.1) is 6.92 Å². The van der Waals surface area contributed by atoms with Gasteiger partial charge in [0.2, 0.25) is 0 Å². The van der Waals surface area contributed by atoms with Crippen LogP contribution in [-0.4, -0.2) is 33.6 Å². The standard InChI is InChI=1S/C11H14ClN3O2S/c1-7-11(18-6-13-7)10(16)9-8(12)5-14-15(9)3-4-17-2/h5-6,10,16H,3-4H2,1-2H3. The van der Waals surface area contributed by atoms with E-state index in [0.717, 1.165) is 10.6 Å². The predicted octanol–water partition coefficient (Wildman–Crippen LogP) is 2.03. The van der Waals surface area contributed by atoms with Gasteiger partial charge in [-0.25, -0.2) is 4.98 Å². The maximum Gasteiger partial charge on any atom is 0.133 e. The van der Waals surface area contributed by atoms with E-state index in [2.05, 4.69) is 10.1 Å². The highest BCUT2D eigenvalue weighted by Gasteiger charge is 2.22. The van der Waals surface area contributed by atoms with Crippen LogP contribution in [-0.2, 0) is 11.3 Å². The van der Waals surface area contributed by atoms with Gasteiger partial charge in [0, 0.05) is 7.11 Å². The smallest absolute Gasteiger partial charge is 0.133 e. The maximum atomic E-state index is 10.4. The van der Waals surface area contributed by atoms with Crippen molar-refractivity contribution in [2.75, 3.05) is 13.7 Å². The molecule has 0 spiro atoms. The van der Waals surface area contributed by atoms with E-state index in [1.807, 2.05) is 6.92 Å². The van der Waals surface area contributed by atoms with Gasteiger partial charge in [0.1, 0.15) is 6.10 Å². The highest BCUT2D eigenvalue weighted by molar-refractivity contribution is 7.09. The van der Waals surface area contributed by atoms with Crippen molar-refractivity contribution < 1.29 is 9.84 Å². The van der Waals surface area contributed by atoms with E-state index in [0.29, 0.717) is 23.9 Å². The van der Waals surface area contributed by atoms with Gasteiger partial charge >= 0.3 is 0 Å². The van der Waals surface area contributed by atoms with Crippen molar-refractivity contribution in [1.82, 2.24) is 14.8 Å². The molecule has 1 N–H and O–H groups in total. The van der Waals surface area contributed by atoms with Crippen molar-refractivity contribution >= 4 is 22.9 Å². The van der Waals surface area contributed by atoms with Crippen molar-refractivity contribution in [3.8, 4) is 0 Å². The second kappa shape index (κ2) is 5.79. The van der Waals surface area contributed by atoms with E-state index in [1.54, 1.807) is 17.3 Å². The zero-order valence-corrected chi connectivity index (χ0v) is 11.7. The fraction of sp³-hybridized carbons (Fsp3) is 0.455. The van der Waals surface area contributed by atoms with Crippen molar-refractivity contribution in [3.63, 3.8) is 0 Å². The van der Waals surface area contributed by atoms with Crippen molar-refractivity contribution in [1.29, 1.82) is 0 Å². The second-order valence-corrected chi connectivity index (χ2v) is 5.09. The molecule has 0 aliphatic rings. The van der Waals surface area contributed by atoms with E-state index in [-0.39, 0.29) is 0 Å². The number of halogens is 1. The first-order valence-corrected chi connectivity index (χ1v) is 6.69. The molecular formula is C11H14ClN3O2S. The summed E-state index contributed by atoms with van der Waals surface area (Å²) in [5.41, 5.74) is 3.10. The average Bonchev–Trinajstić information content (AvgIpc) is 2.92. The molecule has 2 aromatic heterocycles. The normalized spacial score (nSPS) is 12.9. The Kier molecular flexibility index (Phi) is 4.34. The minimum absolute atomic E-state index is 0.450. The van der Waals surface area contributed by atoms with Crippen molar-refractivity contribution in [3.05, 3.63) is 33.0 Å². The van der Waals surface area contributed by atoms with Crippen LogP contribution in [0.3, 0.4) is 0 Å². The van der Waals surface area contributed by atoms with Crippen LogP contribution < -0.4 is 0 Å². The molecule has 98 valence electrons. The summed E-state index contributed by atoms with van der Waals surface area (Å²) in [4.78, 5) is 4.92. The quantitative estimate of drug-likeness (QED) is 0.914. The number of thiazole rings is 1. The van der Waals surface area contributed by atoms with Crippen LogP contribution in [0.4, 0.5) is 0 Å². The number of aliphatic hydroxyl groups excluding tert-OH is 1. The Labute approximate surface area is 114 Å². The summed E-state index contributed by atoms with van der Waals surface area (Å²) in [7, 11) is 1.62. The molecule has 7 heteroatoms. The number of aliphatic hydroxyl groups is 1. The number of ether oxygens (including phenoxy) is 1. The third-order valence-electron chi connectivity index (χ3n) is 2.63. The minimum atomic E-state index is -0.802. The molecule has 0 radical (unpaired) electrons. The average molecular weight is 288 g/mol. The molecular weight excluding hydrogens is 274 g/mol. The number of aromatic nitrogens is 3. The number of hydrogen-bond donors (Lipinski definition) is 1. The Balaban J connectivity index is 2.32. The van der Waals surface area contributed by atoms with Gasteiger partial charge in [0.15, 0.2) is 0 Å². The lowest BCUT2D eigenvalue weighted by molar-refractivity contribution is 0.172. The monoisotopic (exact) mass is 287 g/mol. The Morgan fingerprint density at radius 3 is 3.00 bits per heavy atom. The summed E-state index contributed by atoms with van der Waals surface area (Å²) in [5.74, 6) is 0. The fourth-order valence-corrected chi connectivity index (χ4v) is 2.73. The van der Waals surface area contributed by atoms with E-state index >= 15 is 0 Å². The lowest BCUT2D eigenvalue weighted by Gasteiger charge is -2.13. The molecule has 0 fully saturated rings. The van der Waals surface area contributed by atoms with Crippen LogP contribution >= 0.6 is 22.9 Å². The molecule has 2 aromatic rings. The van der Waals surface area contributed by atoms with E-state index < -0.39 is 6.10 Å². The topological polar surface area (TPSA) is 60.2 Å². The van der Waals surface area contributed by atoms with Gasteiger partial charge < -0.3 is 9.84 Å². The molecule has 0 saturated heterocycles. The summed E-state index contributed by atoms with van der Waals surface area (Å²) in [5, 5.41) is 15.0. The fourth-order valence-electron chi connectivity index (χ4n) is 1.70. The first-order chi connectivity index (χ1) is 8.65. The van der Waals surface area contributed by atoms with E-state index in [9.17, 15) is 5.11 Å². The molecule has 18 heavy (non-hydrogen) atoms. The number of methoxy groups -OCH3 is 1. The summed E-state index contributed by atoms with van der Waals surface area (Å²) in [6.45, 7) is 2.92. The molecule has 2 heterocycles. The molecule has 0 amide bonds. The van der Waals surface area contributed by atoms with Gasteiger partial charge in [-0.1, -0.05) is 11.6 Å². The van der Waals surface area contributed by atoms with Gasteiger partial charge in [-0.05, 0) is 6.92 Å². The minimum Gasteiger partial charge on any atom is -0.383 e. The molecule has 0 saturated carbocycles. The highest BCUT2D eigenvalue weighted by Crippen LogP contribution is 2.31. The maximum absolute atomic E-state index is 10.4. The van der Waals surface area contributed by atoms with Gasteiger partial charge in [-0.2, -0.15) is 5.10 Å². The molecule has 0 bridgehead atoms. The third kappa shape index (κ3) is 2.56. The predicted molar refractivity (Wildman–Crippen MR) is 70.0 cm³/mol. The lowest BCUT2D eigenvalue weighted by atomic mass is 10.2. The molecule has 0 aliphatic carbocycles. The van der Waals surface area contributed by atoms with Crippen LogP contribution in [0.2, 0.25) is 5.02 Å². The van der Waals surface area contributed by atoms with Crippen LogP contribution in [0.5, 0.6) is 0 Å². The number of nitrogens with zero attached hydrogens (tertiary/aromatic N) is 3. The van der Waals surface area contributed by atoms with Gasteiger partial charge in [-0.15, -0.1) is 11.3 Å². The van der Waals surface area contributed by atoms with Crippen LogP contribution in [0.1, 0.15) is 22.4 Å². The zero-order chi connectivity index (χ0) is 13.1. The summed E-state index contributed by atoms with van der Waals surface area (Å²) >= 11 is 7.49.